The van der Waals surface area contributed by atoms with Crippen molar-refractivity contribution in [3.8, 4) is 11.5 Å². The molecule has 2 atom stereocenters. The molecule has 100 valence electrons. The highest BCUT2D eigenvalue weighted by Crippen LogP contribution is 2.27. The van der Waals surface area contributed by atoms with Gasteiger partial charge in [-0.05, 0) is 25.0 Å². The third-order valence-electron chi connectivity index (χ3n) is 3.20. The number of hydrogen-bond acceptors (Lipinski definition) is 3. The van der Waals surface area contributed by atoms with Crippen molar-refractivity contribution in [3.63, 3.8) is 0 Å². The molecule has 1 aromatic rings. The van der Waals surface area contributed by atoms with E-state index in [0.717, 1.165) is 37.6 Å². The summed E-state index contributed by atoms with van der Waals surface area (Å²) in [6, 6.07) is 7.67. The van der Waals surface area contributed by atoms with E-state index in [1.165, 1.54) is 0 Å². The van der Waals surface area contributed by atoms with Crippen molar-refractivity contribution in [1.82, 2.24) is 0 Å². The van der Waals surface area contributed by atoms with Crippen molar-refractivity contribution >= 4 is 11.6 Å². The van der Waals surface area contributed by atoms with Gasteiger partial charge >= 0.3 is 0 Å². The molecule has 0 spiro atoms. The zero-order valence-corrected chi connectivity index (χ0v) is 11.4. The maximum atomic E-state index is 6.26. The molecule has 1 fully saturated rings. The van der Waals surface area contributed by atoms with Gasteiger partial charge in [0, 0.05) is 17.9 Å². The molecule has 2 unspecified atom stereocenters. The summed E-state index contributed by atoms with van der Waals surface area (Å²) in [5.74, 6) is 1.93. The first-order valence-corrected chi connectivity index (χ1v) is 6.72. The number of methoxy groups -OCH3 is 1. The molecule has 1 aliphatic rings. The molecule has 4 heteroatoms. The Morgan fingerprint density at radius 2 is 2.11 bits per heavy atom. The van der Waals surface area contributed by atoms with Gasteiger partial charge in [0.1, 0.15) is 0 Å². The van der Waals surface area contributed by atoms with Gasteiger partial charge in [-0.2, -0.15) is 0 Å². The zero-order chi connectivity index (χ0) is 12.8. The quantitative estimate of drug-likeness (QED) is 0.770. The molecule has 0 saturated carbocycles. The van der Waals surface area contributed by atoms with Crippen LogP contribution >= 0.6 is 11.6 Å². The second-order valence-corrected chi connectivity index (χ2v) is 4.99. The summed E-state index contributed by atoms with van der Waals surface area (Å²) in [4.78, 5) is 0. The monoisotopic (exact) mass is 270 g/mol. The minimum absolute atomic E-state index is 0.208. The molecule has 18 heavy (non-hydrogen) atoms. The lowest BCUT2D eigenvalue weighted by atomic mass is 9.98. The third kappa shape index (κ3) is 3.53. The Hall–Kier alpha value is -0.930. The molecule has 0 bridgehead atoms. The number of hydrogen-bond donors (Lipinski definition) is 0. The molecule has 0 aromatic heterocycles. The first-order valence-electron chi connectivity index (χ1n) is 6.29. The van der Waals surface area contributed by atoms with Crippen molar-refractivity contribution in [2.75, 3.05) is 26.9 Å². The predicted octanol–water partition coefficient (Wildman–Crippen LogP) is 3.11. The smallest absolute Gasteiger partial charge is 0.161 e. The second kappa shape index (κ2) is 6.86. The van der Waals surface area contributed by atoms with E-state index in [2.05, 4.69) is 0 Å². The number of ether oxygens (including phenoxy) is 3. The van der Waals surface area contributed by atoms with Crippen LogP contribution < -0.4 is 9.47 Å². The van der Waals surface area contributed by atoms with Crippen molar-refractivity contribution in [1.29, 1.82) is 0 Å². The summed E-state index contributed by atoms with van der Waals surface area (Å²) in [7, 11) is 1.64. The molecule has 3 nitrogen and oxygen atoms in total. The van der Waals surface area contributed by atoms with Crippen molar-refractivity contribution in [2.45, 2.75) is 18.2 Å². The zero-order valence-electron chi connectivity index (χ0n) is 10.6. The highest BCUT2D eigenvalue weighted by atomic mass is 35.5. The van der Waals surface area contributed by atoms with Crippen molar-refractivity contribution in [3.05, 3.63) is 24.3 Å². The van der Waals surface area contributed by atoms with Gasteiger partial charge in [0.2, 0.25) is 0 Å². The molecule has 0 N–H and O–H groups in total. The van der Waals surface area contributed by atoms with Crippen LogP contribution in [0.4, 0.5) is 0 Å². The molecule has 0 aliphatic carbocycles. The van der Waals surface area contributed by atoms with Gasteiger partial charge in [-0.3, -0.25) is 0 Å². The number of alkyl halides is 1. The van der Waals surface area contributed by atoms with Gasteiger partial charge in [0.05, 0.1) is 20.3 Å². The minimum Gasteiger partial charge on any atom is -0.493 e. The van der Waals surface area contributed by atoms with E-state index >= 15 is 0 Å². The number of halogens is 1. The summed E-state index contributed by atoms with van der Waals surface area (Å²) in [6.45, 7) is 2.15. The maximum Gasteiger partial charge on any atom is 0.161 e. The van der Waals surface area contributed by atoms with Crippen LogP contribution in [0.15, 0.2) is 24.3 Å². The summed E-state index contributed by atoms with van der Waals surface area (Å²) < 4.78 is 16.4. The first kappa shape index (κ1) is 13.5. The summed E-state index contributed by atoms with van der Waals surface area (Å²) >= 11 is 6.26. The van der Waals surface area contributed by atoms with Gasteiger partial charge in [0.15, 0.2) is 11.5 Å². The summed E-state index contributed by atoms with van der Waals surface area (Å²) in [5.41, 5.74) is 0. The Bertz CT molecular complexity index is 370. The van der Waals surface area contributed by atoms with Crippen molar-refractivity contribution < 1.29 is 14.2 Å². The van der Waals surface area contributed by atoms with Crippen LogP contribution in [0.5, 0.6) is 11.5 Å². The molecule has 0 radical (unpaired) electrons. The van der Waals surface area contributed by atoms with Crippen LogP contribution in [0.2, 0.25) is 0 Å². The highest BCUT2D eigenvalue weighted by Gasteiger charge is 2.23. The minimum atomic E-state index is 0.208. The maximum absolute atomic E-state index is 6.26. The molecule has 1 aliphatic heterocycles. The topological polar surface area (TPSA) is 27.7 Å². The lowest BCUT2D eigenvalue weighted by Crippen LogP contribution is -2.29. The SMILES string of the molecule is COc1ccccc1OCCC1COCCC1Cl. The van der Waals surface area contributed by atoms with Crippen LogP contribution in [0.1, 0.15) is 12.8 Å². The van der Waals surface area contributed by atoms with Crippen LogP contribution in [-0.4, -0.2) is 32.3 Å². The van der Waals surface area contributed by atoms with Crippen molar-refractivity contribution in [2.24, 2.45) is 5.92 Å². The fourth-order valence-electron chi connectivity index (χ4n) is 2.09. The Morgan fingerprint density at radius 3 is 2.83 bits per heavy atom. The average Bonchev–Trinajstić information content (AvgIpc) is 2.41. The van der Waals surface area contributed by atoms with Gasteiger partial charge in [-0.1, -0.05) is 12.1 Å². The van der Waals surface area contributed by atoms with Gasteiger partial charge in [0.25, 0.3) is 0 Å². The van der Waals surface area contributed by atoms with Crippen LogP contribution in [0, 0.1) is 5.92 Å². The lowest BCUT2D eigenvalue weighted by Gasteiger charge is -2.27. The normalized spacial score (nSPS) is 23.7. The molecule has 0 amide bonds. The molecule has 2 rings (SSSR count). The second-order valence-electron chi connectivity index (χ2n) is 4.43. The molecular weight excluding hydrogens is 252 g/mol. The number of benzene rings is 1. The highest BCUT2D eigenvalue weighted by molar-refractivity contribution is 6.20. The lowest BCUT2D eigenvalue weighted by molar-refractivity contribution is 0.0489. The third-order valence-corrected chi connectivity index (χ3v) is 3.77. The summed E-state index contributed by atoms with van der Waals surface area (Å²) in [5, 5.41) is 0.208. The fraction of sp³-hybridized carbons (Fsp3) is 0.571. The van der Waals surface area contributed by atoms with E-state index in [1.807, 2.05) is 24.3 Å². The average molecular weight is 271 g/mol. The van der Waals surface area contributed by atoms with Crippen LogP contribution in [0.25, 0.3) is 0 Å². The standard InChI is InChI=1S/C14H19ClO3/c1-16-13-4-2-3-5-14(13)18-9-6-11-10-17-8-7-12(11)15/h2-5,11-12H,6-10H2,1H3. The van der Waals surface area contributed by atoms with E-state index in [4.69, 9.17) is 25.8 Å². The molecule has 1 aromatic carbocycles. The van der Waals surface area contributed by atoms with Gasteiger partial charge < -0.3 is 14.2 Å². The molecule has 1 saturated heterocycles. The van der Waals surface area contributed by atoms with Crippen LogP contribution in [-0.2, 0) is 4.74 Å². The Kier molecular flexibility index (Phi) is 5.14. The van der Waals surface area contributed by atoms with Gasteiger partial charge in [-0.15, -0.1) is 11.6 Å². The Labute approximate surface area is 113 Å². The van der Waals surface area contributed by atoms with E-state index in [-0.39, 0.29) is 5.38 Å². The van der Waals surface area contributed by atoms with Gasteiger partial charge in [-0.25, -0.2) is 0 Å². The van der Waals surface area contributed by atoms with E-state index in [1.54, 1.807) is 7.11 Å². The van der Waals surface area contributed by atoms with E-state index < -0.39 is 0 Å². The van der Waals surface area contributed by atoms with Crippen LogP contribution in [0.3, 0.4) is 0 Å². The first-order chi connectivity index (χ1) is 8.81. The Balaban J connectivity index is 1.80. The molecular formula is C14H19ClO3. The Morgan fingerprint density at radius 1 is 1.33 bits per heavy atom. The van der Waals surface area contributed by atoms with E-state index in [9.17, 15) is 0 Å². The largest absolute Gasteiger partial charge is 0.493 e. The fourth-order valence-corrected chi connectivity index (χ4v) is 2.38. The molecule has 1 heterocycles. The van der Waals surface area contributed by atoms with E-state index in [0.29, 0.717) is 12.5 Å². The number of rotatable bonds is 5. The summed E-state index contributed by atoms with van der Waals surface area (Å²) in [6.07, 6.45) is 1.84. The number of para-hydroxylation sites is 2. The predicted molar refractivity (Wildman–Crippen MR) is 71.7 cm³/mol.